The summed E-state index contributed by atoms with van der Waals surface area (Å²) in [5, 5.41) is 4.08. The molecule has 1 N–H and O–H groups in total. The number of benzene rings is 1. The number of rotatable bonds is 10. The van der Waals surface area contributed by atoms with E-state index in [9.17, 15) is 4.79 Å². The minimum atomic E-state index is -0.101. The number of fused-ring (bicyclic) bond motifs is 1. The SMILES string of the molecule is CCCN(CCCCNC(=O)C=Cc1ccc(Cl)cc1Cl)C1CCc2ncsc2C1. The fraction of sp³-hybridized carbons (Fsp3) is 0.478. The lowest BCUT2D eigenvalue weighted by Crippen LogP contribution is -2.40. The number of hydrogen-bond donors (Lipinski definition) is 1. The first-order valence-electron chi connectivity index (χ1n) is 10.6. The molecule has 4 nitrogen and oxygen atoms in total. The minimum absolute atomic E-state index is 0.101. The third-order valence-corrected chi connectivity index (χ3v) is 6.90. The normalized spacial score (nSPS) is 16.2. The van der Waals surface area contributed by atoms with Gasteiger partial charge in [-0.05, 0) is 75.4 Å². The van der Waals surface area contributed by atoms with Crippen LogP contribution in [-0.2, 0) is 17.6 Å². The standard InChI is InChI=1S/C23H29Cl2N3OS/c1-2-12-28(19-8-9-21-22(15-19)30-16-27-21)13-4-3-11-26-23(29)10-6-17-5-7-18(24)14-20(17)25/h5-7,10,14,16,19H,2-4,8-9,11-13,15H2,1H3,(H,26,29). The van der Waals surface area contributed by atoms with E-state index in [0.29, 0.717) is 22.6 Å². The Morgan fingerprint density at radius 1 is 1.33 bits per heavy atom. The quantitative estimate of drug-likeness (QED) is 0.365. The van der Waals surface area contributed by atoms with Gasteiger partial charge in [-0.3, -0.25) is 4.79 Å². The van der Waals surface area contributed by atoms with Crippen LogP contribution in [0.4, 0.5) is 0 Å². The van der Waals surface area contributed by atoms with Crippen LogP contribution in [0.1, 0.15) is 48.7 Å². The zero-order chi connectivity index (χ0) is 21.3. The molecule has 1 aromatic carbocycles. The summed E-state index contributed by atoms with van der Waals surface area (Å²) in [6.45, 7) is 5.14. The van der Waals surface area contributed by atoms with Gasteiger partial charge in [0.1, 0.15) is 0 Å². The first-order chi connectivity index (χ1) is 14.6. The van der Waals surface area contributed by atoms with Crippen LogP contribution in [0.3, 0.4) is 0 Å². The number of halogens is 2. The molecule has 1 atom stereocenters. The van der Waals surface area contributed by atoms with Crippen molar-refractivity contribution in [3.05, 3.63) is 56.0 Å². The Labute approximate surface area is 193 Å². The number of thiazole rings is 1. The Bertz CT molecular complexity index is 868. The van der Waals surface area contributed by atoms with Crippen molar-refractivity contribution < 1.29 is 4.79 Å². The smallest absolute Gasteiger partial charge is 0.243 e. The molecule has 3 rings (SSSR count). The molecular formula is C23H29Cl2N3OS. The summed E-state index contributed by atoms with van der Waals surface area (Å²) in [6.07, 6.45) is 9.89. The van der Waals surface area contributed by atoms with Crippen LogP contribution >= 0.6 is 34.5 Å². The highest BCUT2D eigenvalue weighted by molar-refractivity contribution is 7.09. The maximum absolute atomic E-state index is 12.1. The first kappa shape index (κ1) is 23.3. The lowest BCUT2D eigenvalue weighted by atomic mass is 9.96. The Morgan fingerprint density at radius 3 is 3.00 bits per heavy atom. The molecule has 0 saturated heterocycles. The molecule has 0 radical (unpaired) electrons. The third kappa shape index (κ3) is 6.81. The topological polar surface area (TPSA) is 45.2 Å². The summed E-state index contributed by atoms with van der Waals surface area (Å²) in [6, 6.07) is 5.86. The van der Waals surface area contributed by atoms with Gasteiger partial charge in [-0.2, -0.15) is 0 Å². The van der Waals surface area contributed by atoms with E-state index < -0.39 is 0 Å². The van der Waals surface area contributed by atoms with Crippen molar-refractivity contribution >= 4 is 46.5 Å². The van der Waals surface area contributed by atoms with Crippen molar-refractivity contribution in [1.82, 2.24) is 15.2 Å². The van der Waals surface area contributed by atoms with E-state index in [-0.39, 0.29) is 5.91 Å². The van der Waals surface area contributed by atoms with E-state index in [1.165, 1.54) is 29.5 Å². The Morgan fingerprint density at radius 2 is 2.20 bits per heavy atom. The minimum Gasteiger partial charge on any atom is -0.353 e. The summed E-state index contributed by atoms with van der Waals surface area (Å²) >= 11 is 13.8. The summed E-state index contributed by atoms with van der Waals surface area (Å²) < 4.78 is 0. The van der Waals surface area contributed by atoms with E-state index >= 15 is 0 Å². The second-order valence-corrected chi connectivity index (χ2v) is 9.44. The van der Waals surface area contributed by atoms with Gasteiger partial charge in [0.15, 0.2) is 0 Å². The molecule has 1 unspecified atom stereocenters. The average molecular weight is 466 g/mol. The van der Waals surface area contributed by atoms with E-state index in [2.05, 4.69) is 22.1 Å². The van der Waals surface area contributed by atoms with Crippen LogP contribution in [0, 0.1) is 0 Å². The summed E-state index contributed by atoms with van der Waals surface area (Å²) in [5.41, 5.74) is 4.07. The number of nitrogens with zero attached hydrogens (tertiary/aromatic N) is 2. The Balaban J connectivity index is 1.38. The van der Waals surface area contributed by atoms with Gasteiger partial charge >= 0.3 is 0 Å². The number of hydrogen-bond acceptors (Lipinski definition) is 4. The maximum atomic E-state index is 12.1. The van der Waals surface area contributed by atoms with Crippen LogP contribution < -0.4 is 5.32 Å². The van der Waals surface area contributed by atoms with E-state index in [4.69, 9.17) is 23.2 Å². The Kier molecular flexibility index (Phi) is 9.19. The van der Waals surface area contributed by atoms with Crippen LogP contribution in [0.5, 0.6) is 0 Å². The monoisotopic (exact) mass is 465 g/mol. The van der Waals surface area contributed by atoms with Gasteiger partial charge in [0, 0.05) is 33.6 Å². The molecular weight excluding hydrogens is 437 g/mol. The molecule has 0 spiro atoms. The van der Waals surface area contributed by atoms with Gasteiger partial charge in [0.2, 0.25) is 5.91 Å². The van der Waals surface area contributed by atoms with Crippen molar-refractivity contribution in [3.63, 3.8) is 0 Å². The molecule has 0 saturated carbocycles. The van der Waals surface area contributed by atoms with Crippen molar-refractivity contribution in [1.29, 1.82) is 0 Å². The highest BCUT2D eigenvalue weighted by Crippen LogP contribution is 2.27. The van der Waals surface area contributed by atoms with Crippen LogP contribution in [0.25, 0.3) is 6.08 Å². The van der Waals surface area contributed by atoms with Crippen molar-refractivity contribution in [3.8, 4) is 0 Å². The highest BCUT2D eigenvalue weighted by Gasteiger charge is 2.25. The second kappa shape index (κ2) is 11.8. The van der Waals surface area contributed by atoms with E-state index in [1.807, 2.05) is 5.51 Å². The van der Waals surface area contributed by atoms with Gasteiger partial charge < -0.3 is 10.2 Å². The predicted molar refractivity (Wildman–Crippen MR) is 128 cm³/mol. The molecule has 0 aliphatic heterocycles. The summed E-state index contributed by atoms with van der Waals surface area (Å²) in [4.78, 5) is 20.6. The number of amides is 1. The van der Waals surface area contributed by atoms with E-state index in [1.54, 1.807) is 35.6 Å². The lowest BCUT2D eigenvalue weighted by Gasteiger charge is -2.33. The number of aryl methyl sites for hydroxylation is 1. The third-order valence-electron chi connectivity index (χ3n) is 5.44. The number of carbonyl (C=O) groups is 1. The zero-order valence-corrected chi connectivity index (χ0v) is 19.7. The number of unbranched alkanes of at least 4 members (excludes halogenated alkanes) is 1. The molecule has 2 aromatic rings. The van der Waals surface area contributed by atoms with Crippen molar-refractivity contribution in [2.24, 2.45) is 0 Å². The summed E-state index contributed by atoms with van der Waals surface area (Å²) in [7, 11) is 0. The fourth-order valence-electron chi connectivity index (χ4n) is 3.87. The molecule has 1 heterocycles. The number of nitrogens with one attached hydrogen (secondary N) is 1. The van der Waals surface area contributed by atoms with Gasteiger partial charge in [-0.1, -0.05) is 36.2 Å². The van der Waals surface area contributed by atoms with Gasteiger partial charge in [-0.15, -0.1) is 11.3 Å². The Hall–Kier alpha value is -1.40. The fourth-order valence-corrected chi connectivity index (χ4v) is 5.23. The van der Waals surface area contributed by atoms with E-state index in [0.717, 1.165) is 44.3 Å². The molecule has 30 heavy (non-hydrogen) atoms. The lowest BCUT2D eigenvalue weighted by molar-refractivity contribution is -0.116. The average Bonchev–Trinajstić information content (AvgIpc) is 3.20. The van der Waals surface area contributed by atoms with Gasteiger partial charge in [0.25, 0.3) is 0 Å². The van der Waals surface area contributed by atoms with Crippen LogP contribution in [0.15, 0.2) is 29.8 Å². The first-order valence-corrected chi connectivity index (χ1v) is 12.3. The molecule has 1 aromatic heterocycles. The van der Waals surface area contributed by atoms with Gasteiger partial charge in [0.05, 0.1) is 11.2 Å². The zero-order valence-electron chi connectivity index (χ0n) is 17.4. The van der Waals surface area contributed by atoms with Crippen molar-refractivity contribution in [2.45, 2.75) is 51.5 Å². The van der Waals surface area contributed by atoms with Crippen molar-refractivity contribution in [2.75, 3.05) is 19.6 Å². The molecule has 162 valence electrons. The maximum Gasteiger partial charge on any atom is 0.243 e. The van der Waals surface area contributed by atoms with Crippen LogP contribution in [-0.4, -0.2) is 41.5 Å². The number of aromatic nitrogens is 1. The molecule has 1 aliphatic rings. The molecule has 7 heteroatoms. The summed E-state index contributed by atoms with van der Waals surface area (Å²) in [5.74, 6) is -0.101. The van der Waals surface area contributed by atoms with Gasteiger partial charge in [-0.25, -0.2) is 4.98 Å². The molecule has 0 bridgehead atoms. The molecule has 1 aliphatic carbocycles. The van der Waals surface area contributed by atoms with Crippen LogP contribution in [0.2, 0.25) is 10.0 Å². The largest absolute Gasteiger partial charge is 0.353 e. The predicted octanol–water partition coefficient (Wildman–Crippen LogP) is 5.63. The molecule has 1 amide bonds. The highest BCUT2D eigenvalue weighted by atomic mass is 35.5. The number of carbonyl (C=O) groups excluding carboxylic acids is 1. The second-order valence-electron chi connectivity index (χ2n) is 7.65. The molecule has 0 fully saturated rings.